The summed E-state index contributed by atoms with van der Waals surface area (Å²) >= 11 is 0. The predicted octanol–water partition coefficient (Wildman–Crippen LogP) is 3.28. The molecule has 0 aromatic heterocycles. The third kappa shape index (κ3) is 4.45. The van der Waals surface area contributed by atoms with Gasteiger partial charge >= 0.3 is 0 Å². The zero-order chi connectivity index (χ0) is 15.2. The molecule has 1 saturated heterocycles. The van der Waals surface area contributed by atoms with E-state index in [4.69, 9.17) is 4.74 Å². The molecular weight excluding hydrogens is 260 g/mol. The molecule has 0 amide bonds. The summed E-state index contributed by atoms with van der Waals surface area (Å²) < 4.78 is 5.54. The maximum absolute atomic E-state index is 5.54. The SMILES string of the molecule is CCCNCc1ccc(OC)c(CN2CC(C)C(C)C2)c1. The van der Waals surface area contributed by atoms with Crippen LogP contribution in [0.15, 0.2) is 18.2 Å². The quantitative estimate of drug-likeness (QED) is 0.780. The van der Waals surface area contributed by atoms with Gasteiger partial charge < -0.3 is 10.1 Å². The van der Waals surface area contributed by atoms with Crippen molar-refractivity contribution in [1.82, 2.24) is 10.2 Å². The molecule has 118 valence electrons. The van der Waals surface area contributed by atoms with Crippen molar-refractivity contribution in [3.8, 4) is 5.75 Å². The molecule has 1 aliphatic heterocycles. The van der Waals surface area contributed by atoms with Crippen LogP contribution in [0.1, 0.15) is 38.3 Å². The van der Waals surface area contributed by atoms with Crippen LogP contribution in [0.3, 0.4) is 0 Å². The van der Waals surface area contributed by atoms with Crippen molar-refractivity contribution >= 4 is 0 Å². The fourth-order valence-electron chi connectivity index (χ4n) is 3.09. The minimum Gasteiger partial charge on any atom is -0.496 e. The first-order chi connectivity index (χ1) is 10.1. The molecule has 2 unspecified atom stereocenters. The summed E-state index contributed by atoms with van der Waals surface area (Å²) in [6.45, 7) is 12.3. The second-order valence-electron chi connectivity index (χ2n) is 6.47. The number of nitrogens with zero attached hydrogens (tertiary/aromatic N) is 1. The molecular formula is C18H30N2O. The molecule has 1 aromatic carbocycles. The summed E-state index contributed by atoms with van der Waals surface area (Å²) in [6.07, 6.45) is 1.17. The summed E-state index contributed by atoms with van der Waals surface area (Å²) in [5.41, 5.74) is 2.66. The van der Waals surface area contributed by atoms with Gasteiger partial charge in [-0.15, -0.1) is 0 Å². The molecule has 21 heavy (non-hydrogen) atoms. The average molecular weight is 290 g/mol. The lowest BCUT2D eigenvalue weighted by atomic mass is 10.0. The standard InChI is InChI=1S/C18H30N2O/c1-5-8-19-10-16-6-7-18(21-4)17(9-16)13-20-11-14(2)15(3)12-20/h6-7,9,14-15,19H,5,8,10-13H2,1-4H3. The number of ether oxygens (including phenoxy) is 1. The number of methoxy groups -OCH3 is 1. The van der Waals surface area contributed by atoms with Crippen LogP contribution in [-0.4, -0.2) is 31.6 Å². The van der Waals surface area contributed by atoms with Crippen molar-refractivity contribution in [2.24, 2.45) is 11.8 Å². The van der Waals surface area contributed by atoms with E-state index < -0.39 is 0 Å². The summed E-state index contributed by atoms with van der Waals surface area (Å²) in [4.78, 5) is 2.55. The lowest BCUT2D eigenvalue weighted by molar-refractivity contribution is 0.307. The number of hydrogen-bond donors (Lipinski definition) is 1. The maximum atomic E-state index is 5.54. The highest BCUT2D eigenvalue weighted by Crippen LogP contribution is 2.27. The first kappa shape index (κ1) is 16.3. The van der Waals surface area contributed by atoms with E-state index in [1.807, 2.05) is 0 Å². The van der Waals surface area contributed by atoms with E-state index in [-0.39, 0.29) is 0 Å². The Balaban J connectivity index is 2.03. The summed E-state index contributed by atoms with van der Waals surface area (Å²) in [5, 5.41) is 3.47. The van der Waals surface area contributed by atoms with Crippen LogP contribution in [0.4, 0.5) is 0 Å². The predicted molar refractivity (Wildman–Crippen MR) is 88.6 cm³/mol. The van der Waals surface area contributed by atoms with Crippen LogP contribution in [-0.2, 0) is 13.1 Å². The van der Waals surface area contributed by atoms with Crippen molar-refractivity contribution in [1.29, 1.82) is 0 Å². The van der Waals surface area contributed by atoms with Crippen molar-refractivity contribution in [2.45, 2.75) is 40.3 Å². The van der Waals surface area contributed by atoms with Gasteiger partial charge in [0.25, 0.3) is 0 Å². The molecule has 0 spiro atoms. The van der Waals surface area contributed by atoms with Gasteiger partial charge in [-0.2, -0.15) is 0 Å². The second kappa shape index (κ2) is 7.81. The molecule has 0 saturated carbocycles. The largest absolute Gasteiger partial charge is 0.496 e. The van der Waals surface area contributed by atoms with E-state index in [9.17, 15) is 0 Å². The normalized spacial score (nSPS) is 22.7. The van der Waals surface area contributed by atoms with Crippen molar-refractivity contribution < 1.29 is 4.74 Å². The molecule has 1 aliphatic rings. The number of likely N-dealkylation sites (tertiary alicyclic amines) is 1. The number of nitrogens with one attached hydrogen (secondary N) is 1. The van der Waals surface area contributed by atoms with Crippen molar-refractivity contribution in [2.75, 3.05) is 26.7 Å². The van der Waals surface area contributed by atoms with Gasteiger partial charge in [-0.3, -0.25) is 4.90 Å². The van der Waals surface area contributed by atoms with E-state index in [2.05, 4.69) is 49.2 Å². The molecule has 0 aliphatic carbocycles. The zero-order valence-corrected chi connectivity index (χ0v) is 14.0. The Morgan fingerprint density at radius 3 is 2.57 bits per heavy atom. The van der Waals surface area contributed by atoms with E-state index in [0.29, 0.717) is 0 Å². The highest BCUT2D eigenvalue weighted by atomic mass is 16.5. The molecule has 0 bridgehead atoms. The van der Waals surface area contributed by atoms with Gasteiger partial charge in [0.15, 0.2) is 0 Å². The highest BCUT2D eigenvalue weighted by molar-refractivity contribution is 5.37. The molecule has 3 heteroatoms. The van der Waals surface area contributed by atoms with Gasteiger partial charge in [0.1, 0.15) is 5.75 Å². The lowest BCUT2D eigenvalue weighted by Gasteiger charge is -2.18. The molecule has 1 heterocycles. The number of rotatable bonds is 7. The third-order valence-corrected chi connectivity index (χ3v) is 4.56. The first-order valence-corrected chi connectivity index (χ1v) is 8.22. The van der Waals surface area contributed by atoms with Gasteiger partial charge in [0, 0.05) is 31.7 Å². The van der Waals surface area contributed by atoms with Crippen LogP contribution < -0.4 is 10.1 Å². The minimum absolute atomic E-state index is 0.797. The van der Waals surface area contributed by atoms with Gasteiger partial charge in [-0.05, 0) is 42.5 Å². The minimum atomic E-state index is 0.797. The Bertz CT molecular complexity index is 437. The number of benzene rings is 1. The summed E-state index contributed by atoms with van der Waals surface area (Å²) in [6, 6.07) is 6.58. The molecule has 2 atom stereocenters. The number of hydrogen-bond acceptors (Lipinski definition) is 3. The zero-order valence-electron chi connectivity index (χ0n) is 14.0. The lowest BCUT2D eigenvalue weighted by Crippen LogP contribution is -2.21. The fourth-order valence-corrected chi connectivity index (χ4v) is 3.09. The topological polar surface area (TPSA) is 24.5 Å². The summed E-state index contributed by atoms with van der Waals surface area (Å²) in [5.74, 6) is 2.61. The Kier molecular flexibility index (Phi) is 6.07. The molecule has 1 N–H and O–H groups in total. The van der Waals surface area contributed by atoms with Crippen LogP contribution in [0.2, 0.25) is 0 Å². The van der Waals surface area contributed by atoms with Crippen LogP contribution >= 0.6 is 0 Å². The van der Waals surface area contributed by atoms with Gasteiger partial charge in [-0.25, -0.2) is 0 Å². The van der Waals surface area contributed by atoms with Crippen molar-refractivity contribution in [3.63, 3.8) is 0 Å². The van der Waals surface area contributed by atoms with Gasteiger partial charge in [0.2, 0.25) is 0 Å². The Hall–Kier alpha value is -1.06. The van der Waals surface area contributed by atoms with Crippen LogP contribution in [0.5, 0.6) is 5.75 Å². The van der Waals surface area contributed by atoms with Crippen LogP contribution in [0, 0.1) is 11.8 Å². The molecule has 2 rings (SSSR count). The van der Waals surface area contributed by atoms with Crippen molar-refractivity contribution in [3.05, 3.63) is 29.3 Å². The highest BCUT2D eigenvalue weighted by Gasteiger charge is 2.26. The maximum Gasteiger partial charge on any atom is 0.123 e. The molecule has 0 radical (unpaired) electrons. The fraction of sp³-hybridized carbons (Fsp3) is 0.667. The third-order valence-electron chi connectivity index (χ3n) is 4.56. The van der Waals surface area contributed by atoms with E-state index in [1.165, 1.54) is 30.6 Å². The van der Waals surface area contributed by atoms with E-state index in [1.54, 1.807) is 7.11 Å². The van der Waals surface area contributed by atoms with Crippen LogP contribution in [0.25, 0.3) is 0 Å². The Morgan fingerprint density at radius 2 is 1.95 bits per heavy atom. The summed E-state index contributed by atoms with van der Waals surface area (Å²) in [7, 11) is 1.77. The first-order valence-electron chi connectivity index (χ1n) is 8.22. The Morgan fingerprint density at radius 1 is 1.24 bits per heavy atom. The average Bonchev–Trinajstić information content (AvgIpc) is 2.78. The smallest absolute Gasteiger partial charge is 0.123 e. The molecule has 1 fully saturated rings. The second-order valence-corrected chi connectivity index (χ2v) is 6.47. The Labute approximate surface area is 129 Å². The molecule has 1 aromatic rings. The van der Waals surface area contributed by atoms with Gasteiger partial charge in [0.05, 0.1) is 7.11 Å². The van der Waals surface area contributed by atoms with E-state index in [0.717, 1.165) is 37.2 Å². The monoisotopic (exact) mass is 290 g/mol. The van der Waals surface area contributed by atoms with E-state index >= 15 is 0 Å². The molecule has 3 nitrogen and oxygen atoms in total. The van der Waals surface area contributed by atoms with Gasteiger partial charge in [-0.1, -0.05) is 26.8 Å².